The predicted octanol–water partition coefficient (Wildman–Crippen LogP) is 6.66. The number of rotatable bonds is 17. The van der Waals surface area contributed by atoms with E-state index in [2.05, 4.69) is 18.4 Å². The molecular formula is C23H44NO2. The third-order valence-corrected chi connectivity index (χ3v) is 5.45. The molecule has 0 saturated carbocycles. The van der Waals surface area contributed by atoms with E-state index in [0.717, 1.165) is 19.4 Å². The van der Waals surface area contributed by atoms with E-state index in [1.807, 2.05) is 7.05 Å². The minimum atomic E-state index is -0.00612. The molecule has 1 rings (SSSR count). The molecule has 0 aromatic heterocycles. The number of likely N-dealkylation sites (tertiary alicyclic amines) is 1. The Kier molecular flexibility index (Phi) is 15.0. The van der Waals surface area contributed by atoms with Gasteiger partial charge in [-0.1, -0.05) is 96.8 Å². The monoisotopic (exact) mass is 366 g/mol. The second kappa shape index (κ2) is 16.6. The molecule has 1 unspecified atom stereocenters. The van der Waals surface area contributed by atoms with Crippen LogP contribution in [0.15, 0.2) is 0 Å². The first-order valence-electron chi connectivity index (χ1n) is 11.5. The molecule has 0 N–H and O–H groups in total. The van der Waals surface area contributed by atoms with Gasteiger partial charge in [0, 0.05) is 25.9 Å². The molecule has 1 atom stereocenters. The zero-order valence-electron chi connectivity index (χ0n) is 17.6. The molecule has 1 aliphatic rings. The van der Waals surface area contributed by atoms with Crippen LogP contribution >= 0.6 is 0 Å². The van der Waals surface area contributed by atoms with Crippen molar-refractivity contribution < 1.29 is 9.53 Å². The van der Waals surface area contributed by atoms with Crippen LogP contribution in [-0.4, -0.2) is 30.6 Å². The summed E-state index contributed by atoms with van der Waals surface area (Å²) in [5.41, 5.74) is 0. The van der Waals surface area contributed by atoms with Crippen molar-refractivity contribution in [2.75, 3.05) is 13.6 Å². The number of esters is 1. The van der Waals surface area contributed by atoms with Gasteiger partial charge >= 0.3 is 5.97 Å². The Morgan fingerprint density at radius 3 is 1.73 bits per heavy atom. The molecule has 26 heavy (non-hydrogen) atoms. The van der Waals surface area contributed by atoms with Crippen LogP contribution in [0.1, 0.15) is 116 Å². The summed E-state index contributed by atoms with van der Waals surface area (Å²) in [7, 11) is 2.03. The first kappa shape index (κ1) is 23.5. The summed E-state index contributed by atoms with van der Waals surface area (Å²) in [6, 6.07) is 0. The van der Waals surface area contributed by atoms with Gasteiger partial charge in [-0.3, -0.25) is 9.69 Å². The zero-order valence-corrected chi connectivity index (χ0v) is 17.6. The van der Waals surface area contributed by atoms with E-state index in [0.29, 0.717) is 6.42 Å². The van der Waals surface area contributed by atoms with Crippen LogP contribution in [0.4, 0.5) is 0 Å². The second-order valence-electron chi connectivity index (χ2n) is 8.17. The van der Waals surface area contributed by atoms with Gasteiger partial charge in [0.25, 0.3) is 0 Å². The van der Waals surface area contributed by atoms with E-state index in [9.17, 15) is 4.79 Å². The third-order valence-electron chi connectivity index (χ3n) is 5.45. The molecule has 1 fully saturated rings. The van der Waals surface area contributed by atoms with Gasteiger partial charge in [0.05, 0.1) is 0 Å². The van der Waals surface area contributed by atoms with Crippen molar-refractivity contribution in [2.45, 2.75) is 122 Å². The van der Waals surface area contributed by atoms with Crippen molar-refractivity contribution in [3.63, 3.8) is 0 Å². The van der Waals surface area contributed by atoms with Gasteiger partial charge in [0.15, 0.2) is 0 Å². The average Bonchev–Trinajstić information content (AvgIpc) is 3.03. The van der Waals surface area contributed by atoms with Crippen molar-refractivity contribution in [1.82, 2.24) is 4.90 Å². The molecule has 1 radical (unpaired) electrons. The van der Waals surface area contributed by atoms with Crippen LogP contribution in [-0.2, 0) is 9.53 Å². The number of carbonyl (C=O) groups excluding carboxylic acids is 1. The molecule has 1 heterocycles. The zero-order chi connectivity index (χ0) is 18.9. The third kappa shape index (κ3) is 13.6. The van der Waals surface area contributed by atoms with E-state index in [1.54, 1.807) is 0 Å². The van der Waals surface area contributed by atoms with Crippen LogP contribution in [0.5, 0.6) is 0 Å². The standard InChI is InChI=1S/C23H44NO2/c1-3-4-5-6-7-8-9-10-11-12-13-14-15-16-17-18-23(25)26-22-19-20-24(2)21-22/h20,22H,3-19,21H2,1-2H3. The molecule has 1 saturated heterocycles. The number of hydrogen-bond donors (Lipinski definition) is 0. The van der Waals surface area contributed by atoms with E-state index < -0.39 is 0 Å². The average molecular weight is 367 g/mol. The lowest BCUT2D eigenvalue weighted by atomic mass is 10.0. The minimum absolute atomic E-state index is 0.00612. The minimum Gasteiger partial charge on any atom is -0.461 e. The van der Waals surface area contributed by atoms with E-state index in [1.165, 1.54) is 89.9 Å². The first-order valence-corrected chi connectivity index (χ1v) is 11.5. The molecule has 0 bridgehead atoms. The lowest BCUT2D eigenvalue weighted by molar-refractivity contribution is -0.148. The smallest absolute Gasteiger partial charge is 0.306 e. The largest absolute Gasteiger partial charge is 0.461 e. The van der Waals surface area contributed by atoms with Gasteiger partial charge in [-0.2, -0.15) is 0 Å². The molecule has 0 spiro atoms. The normalized spacial score (nSPS) is 17.7. The maximum absolute atomic E-state index is 11.8. The lowest BCUT2D eigenvalue weighted by Gasteiger charge is -2.12. The summed E-state index contributed by atoms with van der Waals surface area (Å²) < 4.78 is 5.49. The van der Waals surface area contributed by atoms with Crippen molar-refractivity contribution in [2.24, 2.45) is 0 Å². The molecule has 3 nitrogen and oxygen atoms in total. The van der Waals surface area contributed by atoms with E-state index in [4.69, 9.17) is 4.74 Å². The fraction of sp³-hybridized carbons (Fsp3) is 0.913. The number of unbranched alkanes of at least 4 members (excludes halogenated alkanes) is 14. The number of carbonyl (C=O) groups is 1. The summed E-state index contributed by atoms with van der Waals surface area (Å²) in [6.45, 7) is 5.24. The molecule has 1 aliphatic heterocycles. The summed E-state index contributed by atoms with van der Waals surface area (Å²) >= 11 is 0. The van der Waals surface area contributed by atoms with Crippen LogP contribution in [0.25, 0.3) is 0 Å². The summed E-state index contributed by atoms with van der Waals surface area (Å²) in [5, 5.41) is 0. The fourth-order valence-corrected chi connectivity index (χ4v) is 3.74. The van der Waals surface area contributed by atoms with Gasteiger partial charge < -0.3 is 4.74 Å². The number of nitrogens with zero attached hydrogens (tertiary/aromatic N) is 1. The maximum atomic E-state index is 11.8. The summed E-state index contributed by atoms with van der Waals surface area (Å²) in [4.78, 5) is 13.9. The van der Waals surface area contributed by atoms with Crippen LogP contribution in [0.2, 0.25) is 0 Å². The van der Waals surface area contributed by atoms with Crippen molar-refractivity contribution in [1.29, 1.82) is 0 Å². The maximum Gasteiger partial charge on any atom is 0.306 e. The first-order chi connectivity index (χ1) is 12.7. The van der Waals surface area contributed by atoms with E-state index >= 15 is 0 Å². The topological polar surface area (TPSA) is 29.5 Å². The Bertz CT molecular complexity index is 332. The van der Waals surface area contributed by atoms with Gasteiger partial charge in [-0.15, -0.1) is 0 Å². The van der Waals surface area contributed by atoms with Gasteiger partial charge in [0.2, 0.25) is 0 Å². The van der Waals surface area contributed by atoms with Gasteiger partial charge in [-0.25, -0.2) is 0 Å². The fourth-order valence-electron chi connectivity index (χ4n) is 3.74. The van der Waals surface area contributed by atoms with Crippen LogP contribution in [0.3, 0.4) is 0 Å². The number of ether oxygens (including phenoxy) is 1. The van der Waals surface area contributed by atoms with Crippen molar-refractivity contribution >= 4 is 5.97 Å². The highest BCUT2D eigenvalue weighted by Gasteiger charge is 2.22. The molecule has 3 heteroatoms. The number of likely N-dealkylation sites (N-methyl/N-ethyl adjacent to an activating group) is 1. The highest BCUT2D eigenvalue weighted by Crippen LogP contribution is 2.16. The Morgan fingerprint density at radius 1 is 0.846 bits per heavy atom. The Labute approximate surface area is 163 Å². The van der Waals surface area contributed by atoms with Crippen molar-refractivity contribution in [3.05, 3.63) is 6.54 Å². The second-order valence-corrected chi connectivity index (χ2v) is 8.17. The Balaban J connectivity index is 1.73. The molecule has 0 aliphatic carbocycles. The van der Waals surface area contributed by atoms with Crippen LogP contribution < -0.4 is 0 Å². The highest BCUT2D eigenvalue weighted by molar-refractivity contribution is 5.69. The van der Waals surface area contributed by atoms with Crippen molar-refractivity contribution in [3.8, 4) is 0 Å². The predicted molar refractivity (Wildman–Crippen MR) is 111 cm³/mol. The van der Waals surface area contributed by atoms with Gasteiger partial charge in [0.1, 0.15) is 6.10 Å². The van der Waals surface area contributed by atoms with Crippen LogP contribution in [0, 0.1) is 6.54 Å². The summed E-state index contributed by atoms with van der Waals surface area (Å²) in [6.07, 6.45) is 21.9. The summed E-state index contributed by atoms with van der Waals surface area (Å²) in [5.74, 6) is -0.00612. The molecule has 0 aromatic rings. The molecule has 0 amide bonds. The highest BCUT2D eigenvalue weighted by atomic mass is 16.5. The number of hydrogen-bond acceptors (Lipinski definition) is 3. The molecule has 153 valence electrons. The SMILES string of the molecule is CCCCCCCCCCCCCCCCCC(=O)OC1C[CH]N(C)C1. The Morgan fingerprint density at radius 2 is 1.31 bits per heavy atom. The van der Waals surface area contributed by atoms with Gasteiger partial charge in [-0.05, 0) is 13.5 Å². The Hall–Kier alpha value is -0.570. The molecular weight excluding hydrogens is 322 g/mol. The lowest BCUT2D eigenvalue weighted by Crippen LogP contribution is -2.21. The molecule has 0 aromatic carbocycles. The quantitative estimate of drug-likeness (QED) is 0.213. The van der Waals surface area contributed by atoms with E-state index in [-0.39, 0.29) is 12.1 Å².